The second kappa shape index (κ2) is 4.53. The van der Waals surface area contributed by atoms with Crippen molar-refractivity contribution in [3.63, 3.8) is 0 Å². The van der Waals surface area contributed by atoms with Gasteiger partial charge in [-0.25, -0.2) is 9.97 Å². The molecule has 1 fully saturated rings. The predicted octanol–water partition coefficient (Wildman–Crippen LogP) is 2.07. The van der Waals surface area contributed by atoms with Crippen LogP contribution in [-0.4, -0.2) is 32.5 Å². The molecule has 1 saturated carbocycles. The monoisotopic (exact) mass is 247 g/mol. The maximum atomic E-state index is 5.92. The Morgan fingerprint density at radius 3 is 3.00 bits per heavy atom. The molecule has 0 saturated heterocycles. The van der Waals surface area contributed by atoms with Gasteiger partial charge in [-0.3, -0.25) is 5.10 Å². The van der Waals surface area contributed by atoms with Crippen LogP contribution in [0.2, 0.25) is 0 Å². The molecule has 0 aliphatic heterocycles. The first-order chi connectivity index (χ1) is 8.83. The Hall–Kier alpha value is -1.69. The van der Waals surface area contributed by atoms with E-state index in [9.17, 15) is 0 Å². The number of aromatic amines is 1. The van der Waals surface area contributed by atoms with Crippen LogP contribution >= 0.6 is 0 Å². The first kappa shape index (κ1) is 11.4. The third-order valence-corrected chi connectivity index (χ3v) is 3.43. The molecule has 6 nitrogen and oxygen atoms in total. The molecule has 96 valence electrons. The Morgan fingerprint density at radius 2 is 2.22 bits per heavy atom. The third-order valence-electron chi connectivity index (χ3n) is 3.43. The molecule has 2 heterocycles. The van der Waals surface area contributed by atoms with Gasteiger partial charge in [0.15, 0.2) is 5.65 Å². The highest BCUT2D eigenvalue weighted by Crippen LogP contribution is 2.34. The minimum Gasteiger partial charge on any atom is -0.356 e. The van der Waals surface area contributed by atoms with Gasteiger partial charge in [-0.2, -0.15) is 5.10 Å². The van der Waals surface area contributed by atoms with Gasteiger partial charge in [0.05, 0.1) is 11.6 Å². The van der Waals surface area contributed by atoms with Crippen molar-refractivity contribution < 1.29 is 4.74 Å². The number of hydrogen-bond acceptors (Lipinski definition) is 5. The van der Waals surface area contributed by atoms with Crippen LogP contribution in [0.25, 0.3) is 11.0 Å². The van der Waals surface area contributed by atoms with Crippen LogP contribution in [0.5, 0.6) is 0 Å². The maximum Gasteiger partial charge on any atom is 0.160 e. The van der Waals surface area contributed by atoms with Gasteiger partial charge in [0, 0.05) is 6.61 Å². The summed E-state index contributed by atoms with van der Waals surface area (Å²) in [6.07, 6.45) is 7.69. The normalized spacial score (nSPS) is 18.3. The lowest BCUT2D eigenvalue weighted by Crippen LogP contribution is -2.38. The summed E-state index contributed by atoms with van der Waals surface area (Å²) in [6, 6.07) is 0. The van der Waals surface area contributed by atoms with Crippen LogP contribution in [0.4, 0.5) is 5.82 Å². The average Bonchev–Trinajstić information content (AvgIpc) is 2.99. The Bertz CT molecular complexity index is 532. The molecular weight excluding hydrogens is 230 g/mol. The number of ether oxygens (including phenoxy) is 1. The summed E-state index contributed by atoms with van der Waals surface area (Å²) in [5.74, 6) is 0.795. The number of hydrogen-bond donors (Lipinski definition) is 2. The van der Waals surface area contributed by atoms with E-state index in [2.05, 4.69) is 25.5 Å². The van der Waals surface area contributed by atoms with Gasteiger partial charge >= 0.3 is 0 Å². The van der Waals surface area contributed by atoms with Gasteiger partial charge in [0.2, 0.25) is 0 Å². The molecule has 0 unspecified atom stereocenters. The molecule has 18 heavy (non-hydrogen) atoms. The standard InChI is InChI=1S/C12H17N5O/c1-2-18-12(5-3-4-6-12)16-10-9-7-15-17-11(9)14-8-13-10/h7-8H,2-6H2,1H3,(H2,13,14,15,16,17). The number of anilines is 1. The summed E-state index contributed by atoms with van der Waals surface area (Å²) < 4.78 is 5.92. The third kappa shape index (κ3) is 1.92. The second-order valence-corrected chi connectivity index (χ2v) is 4.61. The minimum absolute atomic E-state index is 0.271. The molecule has 2 aromatic rings. The smallest absolute Gasteiger partial charge is 0.160 e. The fourth-order valence-electron chi connectivity index (χ4n) is 2.61. The highest BCUT2D eigenvalue weighted by molar-refractivity contribution is 5.85. The van der Waals surface area contributed by atoms with Crippen molar-refractivity contribution in [3.05, 3.63) is 12.5 Å². The summed E-state index contributed by atoms with van der Waals surface area (Å²) >= 11 is 0. The first-order valence-corrected chi connectivity index (χ1v) is 6.39. The van der Waals surface area contributed by atoms with Crippen molar-refractivity contribution in [2.75, 3.05) is 11.9 Å². The van der Waals surface area contributed by atoms with E-state index in [0.29, 0.717) is 6.61 Å². The molecule has 3 rings (SSSR count). The lowest BCUT2D eigenvalue weighted by atomic mass is 10.1. The van der Waals surface area contributed by atoms with Crippen molar-refractivity contribution in [3.8, 4) is 0 Å². The van der Waals surface area contributed by atoms with E-state index in [1.807, 2.05) is 6.92 Å². The van der Waals surface area contributed by atoms with E-state index in [1.165, 1.54) is 19.2 Å². The molecule has 2 N–H and O–H groups in total. The van der Waals surface area contributed by atoms with E-state index in [1.54, 1.807) is 6.20 Å². The SMILES string of the molecule is CCOC1(Nc2ncnc3[nH]ncc23)CCCC1. The van der Waals surface area contributed by atoms with E-state index in [4.69, 9.17) is 4.74 Å². The lowest BCUT2D eigenvalue weighted by Gasteiger charge is -2.30. The van der Waals surface area contributed by atoms with E-state index < -0.39 is 0 Å². The zero-order valence-electron chi connectivity index (χ0n) is 10.4. The van der Waals surface area contributed by atoms with Gasteiger partial charge in [0.1, 0.15) is 17.9 Å². The molecule has 1 aliphatic rings. The highest BCUT2D eigenvalue weighted by Gasteiger charge is 2.35. The van der Waals surface area contributed by atoms with Crippen molar-refractivity contribution in [1.82, 2.24) is 20.2 Å². The lowest BCUT2D eigenvalue weighted by molar-refractivity contribution is -0.0113. The Balaban J connectivity index is 1.92. The van der Waals surface area contributed by atoms with Gasteiger partial charge in [-0.15, -0.1) is 0 Å². The molecule has 1 aliphatic carbocycles. The highest BCUT2D eigenvalue weighted by atomic mass is 16.5. The van der Waals surface area contributed by atoms with Crippen LogP contribution < -0.4 is 5.32 Å². The van der Waals surface area contributed by atoms with Crippen molar-refractivity contribution >= 4 is 16.9 Å². The van der Waals surface area contributed by atoms with Gasteiger partial charge in [-0.1, -0.05) is 0 Å². The summed E-state index contributed by atoms with van der Waals surface area (Å²) in [7, 11) is 0. The predicted molar refractivity (Wildman–Crippen MR) is 68.1 cm³/mol. The van der Waals surface area contributed by atoms with Crippen LogP contribution in [0.1, 0.15) is 32.6 Å². The number of nitrogens with one attached hydrogen (secondary N) is 2. The Labute approximate surface area is 105 Å². The molecule has 0 bridgehead atoms. The topological polar surface area (TPSA) is 75.7 Å². The fraction of sp³-hybridized carbons (Fsp3) is 0.583. The summed E-state index contributed by atoms with van der Waals surface area (Å²) in [5, 5.41) is 11.2. The average molecular weight is 247 g/mol. The van der Waals surface area contributed by atoms with Crippen LogP contribution in [0, 0.1) is 0 Å². The zero-order chi connectivity index (χ0) is 12.4. The van der Waals surface area contributed by atoms with Crippen LogP contribution in [-0.2, 0) is 4.74 Å². The Kier molecular flexibility index (Phi) is 2.87. The van der Waals surface area contributed by atoms with Gasteiger partial charge in [0.25, 0.3) is 0 Å². The summed E-state index contributed by atoms with van der Waals surface area (Å²) in [4.78, 5) is 8.44. The van der Waals surface area contributed by atoms with Crippen molar-refractivity contribution in [2.24, 2.45) is 0 Å². The van der Waals surface area contributed by atoms with Gasteiger partial charge < -0.3 is 10.1 Å². The first-order valence-electron chi connectivity index (χ1n) is 6.39. The maximum absolute atomic E-state index is 5.92. The molecule has 2 aromatic heterocycles. The molecular formula is C12H17N5O. The molecule has 0 spiro atoms. The number of nitrogens with zero attached hydrogens (tertiary/aromatic N) is 3. The summed E-state index contributed by atoms with van der Waals surface area (Å²) in [6.45, 7) is 2.72. The fourth-order valence-corrected chi connectivity index (χ4v) is 2.61. The summed E-state index contributed by atoms with van der Waals surface area (Å²) in [5.41, 5.74) is 0.477. The second-order valence-electron chi connectivity index (χ2n) is 4.61. The molecule has 0 radical (unpaired) electrons. The zero-order valence-corrected chi connectivity index (χ0v) is 10.4. The molecule has 6 heteroatoms. The van der Waals surface area contributed by atoms with Crippen molar-refractivity contribution in [1.29, 1.82) is 0 Å². The van der Waals surface area contributed by atoms with E-state index >= 15 is 0 Å². The quantitative estimate of drug-likeness (QED) is 0.809. The van der Waals surface area contributed by atoms with Gasteiger partial charge in [-0.05, 0) is 32.6 Å². The van der Waals surface area contributed by atoms with E-state index in [0.717, 1.165) is 29.7 Å². The molecule has 0 atom stereocenters. The van der Waals surface area contributed by atoms with Crippen LogP contribution in [0.15, 0.2) is 12.5 Å². The van der Waals surface area contributed by atoms with Crippen LogP contribution in [0.3, 0.4) is 0 Å². The number of fused-ring (bicyclic) bond motifs is 1. The van der Waals surface area contributed by atoms with Crippen molar-refractivity contribution in [2.45, 2.75) is 38.3 Å². The van der Waals surface area contributed by atoms with E-state index in [-0.39, 0.29) is 5.72 Å². The molecule has 0 aromatic carbocycles. The Morgan fingerprint density at radius 1 is 1.39 bits per heavy atom. The minimum atomic E-state index is -0.271. The molecule has 0 amide bonds. The largest absolute Gasteiger partial charge is 0.356 e. The number of H-pyrrole nitrogens is 1. The number of aromatic nitrogens is 4. The number of rotatable bonds is 4.